The first-order valence-electron chi connectivity index (χ1n) is 11.8. The fourth-order valence-corrected chi connectivity index (χ4v) is 5.62. The molecule has 2 aromatic carbocycles. The van der Waals surface area contributed by atoms with Crippen molar-refractivity contribution >= 4 is 17.7 Å². The molecule has 3 aromatic rings. The number of carboxylic acids is 1. The number of benzene rings is 2. The Hall–Kier alpha value is -3.30. The molecule has 0 bridgehead atoms. The molecular formula is C29H30N2O3S. The summed E-state index contributed by atoms with van der Waals surface area (Å²) in [5, 5.41) is 20.2. The smallest absolute Gasteiger partial charge is 0.335 e. The van der Waals surface area contributed by atoms with Gasteiger partial charge in [0.1, 0.15) is 16.8 Å². The number of hydrogen-bond donors (Lipinski definition) is 1. The highest BCUT2D eigenvalue weighted by Crippen LogP contribution is 2.43. The number of hydrogen-bond acceptors (Lipinski definition) is 5. The molecular weight excluding hydrogens is 456 g/mol. The van der Waals surface area contributed by atoms with E-state index in [1.54, 1.807) is 19.2 Å². The first-order chi connectivity index (χ1) is 16.7. The SMILES string of the molecule is COc1ccc(-c2c(C#N)c(SCc3ccc(C(=O)O)cc3)nc3c2CC(C(C)(C)C)CC3)cc1. The third-order valence-corrected chi connectivity index (χ3v) is 7.87. The first-order valence-corrected chi connectivity index (χ1v) is 12.7. The van der Waals surface area contributed by atoms with Crippen molar-refractivity contribution in [2.24, 2.45) is 11.3 Å². The molecule has 1 aliphatic carbocycles. The van der Waals surface area contributed by atoms with Gasteiger partial charge in [0.05, 0.1) is 18.2 Å². The summed E-state index contributed by atoms with van der Waals surface area (Å²) in [5.41, 5.74) is 6.29. The third-order valence-electron chi connectivity index (χ3n) is 6.82. The Kier molecular flexibility index (Phi) is 7.18. The number of ether oxygens (including phenoxy) is 1. The number of carbonyl (C=O) groups is 1. The molecule has 0 spiro atoms. The highest BCUT2D eigenvalue weighted by molar-refractivity contribution is 7.98. The summed E-state index contributed by atoms with van der Waals surface area (Å²) < 4.78 is 5.35. The number of rotatable bonds is 6. The molecule has 1 aliphatic rings. The van der Waals surface area contributed by atoms with Crippen LogP contribution in [0.3, 0.4) is 0 Å². The summed E-state index contributed by atoms with van der Waals surface area (Å²) in [6.45, 7) is 6.86. The number of carboxylic acid groups (broad SMARTS) is 1. The largest absolute Gasteiger partial charge is 0.497 e. The molecule has 0 saturated carbocycles. The van der Waals surface area contributed by atoms with Crippen LogP contribution in [0, 0.1) is 22.7 Å². The number of aromatic carboxylic acids is 1. The van der Waals surface area contributed by atoms with E-state index in [9.17, 15) is 10.1 Å². The van der Waals surface area contributed by atoms with E-state index in [-0.39, 0.29) is 11.0 Å². The van der Waals surface area contributed by atoms with Crippen molar-refractivity contribution in [3.8, 4) is 22.9 Å². The van der Waals surface area contributed by atoms with E-state index in [1.807, 2.05) is 36.4 Å². The summed E-state index contributed by atoms with van der Waals surface area (Å²) in [5.74, 6) is 0.964. The van der Waals surface area contributed by atoms with Crippen molar-refractivity contribution < 1.29 is 14.6 Å². The van der Waals surface area contributed by atoms with Crippen LogP contribution < -0.4 is 4.74 Å². The minimum absolute atomic E-state index is 0.178. The van der Waals surface area contributed by atoms with Crippen molar-refractivity contribution in [1.29, 1.82) is 5.26 Å². The molecule has 0 radical (unpaired) electrons. The number of methoxy groups -OCH3 is 1. The third kappa shape index (κ3) is 5.36. The topological polar surface area (TPSA) is 83.2 Å². The highest BCUT2D eigenvalue weighted by atomic mass is 32.2. The van der Waals surface area contributed by atoms with Crippen LogP contribution in [-0.2, 0) is 18.6 Å². The Morgan fingerprint density at radius 1 is 1.17 bits per heavy atom. The highest BCUT2D eigenvalue weighted by Gasteiger charge is 2.32. The van der Waals surface area contributed by atoms with Gasteiger partial charge in [0.25, 0.3) is 0 Å². The van der Waals surface area contributed by atoms with Gasteiger partial charge in [-0.2, -0.15) is 5.26 Å². The van der Waals surface area contributed by atoms with Crippen molar-refractivity contribution in [3.63, 3.8) is 0 Å². The minimum atomic E-state index is -0.940. The minimum Gasteiger partial charge on any atom is -0.497 e. The first kappa shape index (κ1) is 24.8. The molecule has 6 heteroatoms. The second kappa shape index (κ2) is 10.1. The molecule has 180 valence electrons. The van der Waals surface area contributed by atoms with E-state index in [4.69, 9.17) is 14.8 Å². The maximum absolute atomic E-state index is 11.1. The quantitative estimate of drug-likeness (QED) is 0.387. The van der Waals surface area contributed by atoms with E-state index in [0.29, 0.717) is 17.2 Å². The van der Waals surface area contributed by atoms with Crippen LogP contribution in [-0.4, -0.2) is 23.2 Å². The molecule has 5 nitrogen and oxygen atoms in total. The second-order valence-corrected chi connectivity index (χ2v) is 11.0. The maximum Gasteiger partial charge on any atom is 0.335 e. The summed E-state index contributed by atoms with van der Waals surface area (Å²) in [6.07, 6.45) is 2.88. The van der Waals surface area contributed by atoms with Crippen LogP contribution in [0.1, 0.15) is 59.9 Å². The van der Waals surface area contributed by atoms with Crippen LogP contribution in [0.25, 0.3) is 11.1 Å². The van der Waals surface area contributed by atoms with Gasteiger partial charge in [0.2, 0.25) is 0 Å². The molecule has 4 rings (SSSR count). The number of nitrogens with zero attached hydrogens (tertiary/aromatic N) is 2. The molecule has 0 aliphatic heterocycles. The zero-order valence-corrected chi connectivity index (χ0v) is 21.4. The van der Waals surface area contributed by atoms with Gasteiger partial charge in [-0.15, -0.1) is 11.8 Å². The van der Waals surface area contributed by atoms with E-state index < -0.39 is 5.97 Å². The van der Waals surface area contributed by atoms with E-state index in [0.717, 1.165) is 52.4 Å². The van der Waals surface area contributed by atoms with Gasteiger partial charge in [-0.25, -0.2) is 9.78 Å². The molecule has 1 heterocycles. The lowest BCUT2D eigenvalue weighted by Crippen LogP contribution is -2.28. The normalized spacial score (nSPS) is 15.2. The Morgan fingerprint density at radius 2 is 1.86 bits per heavy atom. The van der Waals surface area contributed by atoms with Crippen LogP contribution in [0.15, 0.2) is 53.6 Å². The average molecular weight is 487 g/mol. The van der Waals surface area contributed by atoms with E-state index in [2.05, 4.69) is 26.8 Å². The summed E-state index contributed by atoms with van der Waals surface area (Å²) in [7, 11) is 1.65. The monoisotopic (exact) mass is 486 g/mol. The molecule has 1 unspecified atom stereocenters. The van der Waals surface area contributed by atoms with E-state index >= 15 is 0 Å². The molecule has 35 heavy (non-hydrogen) atoms. The average Bonchev–Trinajstić information content (AvgIpc) is 2.86. The Balaban J connectivity index is 1.76. The predicted octanol–water partition coefficient (Wildman–Crippen LogP) is 6.77. The summed E-state index contributed by atoms with van der Waals surface area (Å²) >= 11 is 1.53. The fraction of sp³-hybridized carbons (Fsp3) is 0.345. The van der Waals surface area contributed by atoms with Gasteiger partial charge in [-0.3, -0.25) is 0 Å². The van der Waals surface area contributed by atoms with Crippen molar-refractivity contribution in [3.05, 3.63) is 76.5 Å². The van der Waals surface area contributed by atoms with Gasteiger partial charge < -0.3 is 9.84 Å². The molecule has 0 saturated heterocycles. The zero-order valence-electron chi connectivity index (χ0n) is 20.6. The van der Waals surface area contributed by atoms with Gasteiger partial charge >= 0.3 is 5.97 Å². The Bertz CT molecular complexity index is 1270. The number of aromatic nitrogens is 1. The lowest BCUT2D eigenvalue weighted by molar-refractivity contribution is 0.0697. The van der Waals surface area contributed by atoms with Gasteiger partial charge in [0, 0.05) is 17.0 Å². The van der Waals surface area contributed by atoms with Crippen molar-refractivity contribution in [2.45, 2.75) is 50.8 Å². The standard InChI is InChI=1S/C29H30N2O3S/c1-29(2,3)21-11-14-25-23(15-21)26(19-9-12-22(34-4)13-10-19)24(16-30)27(31-25)35-17-18-5-7-20(8-6-18)28(32)33/h5-10,12-13,21H,11,14-15,17H2,1-4H3,(H,32,33). The molecule has 1 N–H and O–H groups in total. The van der Waals surface area contributed by atoms with Gasteiger partial charge in [0.15, 0.2) is 0 Å². The summed E-state index contributed by atoms with van der Waals surface area (Å²) in [6, 6.07) is 17.2. The molecule has 1 atom stereocenters. The van der Waals surface area contributed by atoms with Crippen LogP contribution in [0.5, 0.6) is 5.75 Å². The maximum atomic E-state index is 11.1. The van der Waals surface area contributed by atoms with Crippen molar-refractivity contribution in [2.75, 3.05) is 7.11 Å². The second-order valence-electron chi connectivity index (χ2n) is 10.0. The lowest BCUT2D eigenvalue weighted by atomic mass is 9.70. The van der Waals surface area contributed by atoms with Crippen molar-refractivity contribution in [1.82, 2.24) is 4.98 Å². The lowest BCUT2D eigenvalue weighted by Gasteiger charge is -2.36. The summed E-state index contributed by atoms with van der Waals surface area (Å²) in [4.78, 5) is 16.2. The molecule has 0 amide bonds. The molecule has 0 fully saturated rings. The Labute approximate surface area is 211 Å². The van der Waals surface area contributed by atoms with Crippen LogP contribution in [0.2, 0.25) is 0 Å². The van der Waals surface area contributed by atoms with Gasteiger partial charge in [-0.1, -0.05) is 45.0 Å². The fourth-order valence-electron chi connectivity index (χ4n) is 4.65. The Morgan fingerprint density at radius 3 is 2.43 bits per heavy atom. The zero-order chi connectivity index (χ0) is 25.2. The number of pyridine rings is 1. The number of aryl methyl sites for hydroxylation is 1. The predicted molar refractivity (Wildman–Crippen MR) is 139 cm³/mol. The van der Waals surface area contributed by atoms with E-state index in [1.165, 1.54) is 17.3 Å². The van der Waals surface area contributed by atoms with Crippen LogP contribution >= 0.6 is 11.8 Å². The number of fused-ring (bicyclic) bond motifs is 1. The molecule has 1 aromatic heterocycles. The number of thioether (sulfide) groups is 1. The van der Waals surface area contributed by atoms with Crippen LogP contribution in [0.4, 0.5) is 0 Å². The van der Waals surface area contributed by atoms with Gasteiger partial charge in [-0.05, 0) is 71.6 Å². The number of nitriles is 1.